The van der Waals surface area contributed by atoms with Crippen LogP contribution in [-0.2, 0) is 0 Å². The first-order chi connectivity index (χ1) is 7.81. The average Bonchev–Trinajstić information content (AvgIpc) is 2.74. The summed E-state index contributed by atoms with van der Waals surface area (Å²) in [6.07, 6.45) is 9.37. The van der Waals surface area contributed by atoms with Crippen LogP contribution in [-0.4, -0.2) is 22.1 Å². The lowest BCUT2D eigenvalue weighted by atomic mass is 9.91. The summed E-state index contributed by atoms with van der Waals surface area (Å²) in [5, 5.41) is 3.56. The van der Waals surface area contributed by atoms with E-state index in [1.54, 1.807) is 6.20 Å². The van der Waals surface area contributed by atoms with E-state index in [0.717, 1.165) is 19.4 Å². The van der Waals surface area contributed by atoms with Crippen molar-refractivity contribution in [2.24, 2.45) is 0 Å². The van der Waals surface area contributed by atoms with Gasteiger partial charge in [0.05, 0.1) is 0 Å². The van der Waals surface area contributed by atoms with Gasteiger partial charge in [-0.25, -0.2) is 4.79 Å². The third-order valence-corrected chi connectivity index (χ3v) is 3.45. The van der Waals surface area contributed by atoms with E-state index in [1.165, 1.54) is 19.3 Å². The van der Waals surface area contributed by atoms with E-state index in [-0.39, 0.29) is 5.69 Å². The monoisotopic (exact) mass is 223 g/mol. The number of hydrogen-bond donors (Lipinski definition) is 2. The lowest BCUT2D eigenvalue weighted by Crippen LogP contribution is -2.35. The van der Waals surface area contributed by atoms with E-state index < -0.39 is 0 Å². The van der Waals surface area contributed by atoms with Crippen molar-refractivity contribution in [3.63, 3.8) is 0 Å². The van der Waals surface area contributed by atoms with Crippen molar-refractivity contribution in [2.75, 3.05) is 6.54 Å². The molecule has 1 aliphatic rings. The number of aromatic nitrogens is 2. The molecule has 1 aliphatic carbocycles. The maximum absolute atomic E-state index is 11.5. The van der Waals surface area contributed by atoms with Crippen LogP contribution in [0.3, 0.4) is 0 Å². The van der Waals surface area contributed by atoms with Gasteiger partial charge in [0.2, 0.25) is 0 Å². The maximum Gasteiger partial charge on any atom is 0.325 e. The summed E-state index contributed by atoms with van der Waals surface area (Å²) < 4.78 is 1.84. The smallest absolute Gasteiger partial charge is 0.314 e. The van der Waals surface area contributed by atoms with Crippen molar-refractivity contribution in [1.29, 1.82) is 0 Å². The topological polar surface area (TPSA) is 49.8 Å². The lowest BCUT2D eigenvalue weighted by Gasteiger charge is -2.29. The Morgan fingerprint density at radius 2 is 2.19 bits per heavy atom. The molecule has 16 heavy (non-hydrogen) atoms. The molecule has 0 bridgehead atoms. The lowest BCUT2D eigenvalue weighted by molar-refractivity contribution is 0.288. The Labute approximate surface area is 96.1 Å². The molecular weight excluding hydrogens is 202 g/mol. The predicted molar refractivity (Wildman–Crippen MR) is 64.6 cm³/mol. The highest BCUT2D eigenvalue weighted by Crippen LogP contribution is 2.27. The minimum absolute atomic E-state index is 0.0324. The molecule has 0 amide bonds. The van der Waals surface area contributed by atoms with Crippen LogP contribution >= 0.6 is 0 Å². The van der Waals surface area contributed by atoms with Gasteiger partial charge in [-0.2, -0.15) is 0 Å². The summed E-state index contributed by atoms with van der Waals surface area (Å²) >= 11 is 0. The first kappa shape index (κ1) is 11.5. The fourth-order valence-electron chi connectivity index (χ4n) is 2.53. The minimum atomic E-state index is 0.0324. The first-order valence-corrected chi connectivity index (χ1v) is 6.30. The van der Waals surface area contributed by atoms with Gasteiger partial charge in [0.15, 0.2) is 0 Å². The Kier molecular flexibility index (Phi) is 3.83. The average molecular weight is 223 g/mol. The normalized spacial score (nSPS) is 25.8. The number of H-pyrrole nitrogens is 1. The molecule has 0 unspecified atom stereocenters. The van der Waals surface area contributed by atoms with Gasteiger partial charge in [0.25, 0.3) is 0 Å². The molecule has 1 saturated carbocycles. The summed E-state index contributed by atoms with van der Waals surface area (Å²) in [5.41, 5.74) is 0.0324. The molecule has 4 nitrogen and oxygen atoms in total. The molecule has 1 aromatic rings. The standard InChI is InChI=1S/C12H21N3O/c1-2-7-13-10-3-5-11(6-4-10)15-9-8-14-12(15)16/h8-11,13H,2-7H2,1H3,(H,14,16). The zero-order valence-corrected chi connectivity index (χ0v) is 9.91. The minimum Gasteiger partial charge on any atom is -0.314 e. The van der Waals surface area contributed by atoms with Crippen LogP contribution in [0.15, 0.2) is 17.2 Å². The quantitative estimate of drug-likeness (QED) is 0.815. The Balaban J connectivity index is 1.86. The highest BCUT2D eigenvalue weighted by molar-refractivity contribution is 4.86. The van der Waals surface area contributed by atoms with Gasteiger partial charge in [-0.3, -0.25) is 4.57 Å². The van der Waals surface area contributed by atoms with E-state index in [9.17, 15) is 4.79 Å². The molecule has 0 radical (unpaired) electrons. The summed E-state index contributed by atoms with van der Waals surface area (Å²) in [5.74, 6) is 0. The molecule has 0 aliphatic heterocycles. The molecule has 4 heteroatoms. The van der Waals surface area contributed by atoms with Crippen LogP contribution in [0.2, 0.25) is 0 Å². The van der Waals surface area contributed by atoms with Gasteiger partial charge < -0.3 is 10.3 Å². The van der Waals surface area contributed by atoms with Gasteiger partial charge in [-0.05, 0) is 38.6 Å². The predicted octanol–water partition coefficient (Wildman–Crippen LogP) is 1.66. The van der Waals surface area contributed by atoms with Gasteiger partial charge in [-0.15, -0.1) is 0 Å². The van der Waals surface area contributed by atoms with E-state index in [1.807, 2.05) is 10.8 Å². The zero-order valence-electron chi connectivity index (χ0n) is 9.91. The van der Waals surface area contributed by atoms with Crippen LogP contribution < -0.4 is 11.0 Å². The van der Waals surface area contributed by atoms with Gasteiger partial charge in [-0.1, -0.05) is 6.92 Å². The zero-order chi connectivity index (χ0) is 11.4. The SMILES string of the molecule is CCCNC1CCC(n2cc[nH]c2=O)CC1. The Hall–Kier alpha value is -1.03. The summed E-state index contributed by atoms with van der Waals surface area (Å²) in [6.45, 7) is 3.30. The number of imidazole rings is 1. The second-order valence-electron chi connectivity index (χ2n) is 4.63. The van der Waals surface area contributed by atoms with E-state index in [2.05, 4.69) is 17.2 Å². The van der Waals surface area contributed by atoms with Crippen molar-refractivity contribution in [3.8, 4) is 0 Å². The van der Waals surface area contributed by atoms with Gasteiger partial charge in [0.1, 0.15) is 0 Å². The van der Waals surface area contributed by atoms with Crippen LogP contribution in [0, 0.1) is 0 Å². The van der Waals surface area contributed by atoms with Crippen molar-refractivity contribution < 1.29 is 0 Å². The van der Waals surface area contributed by atoms with Crippen molar-refractivity contribution in [2.45, 2.75) is 51.1 Å². The molecule has 0 spiro atoms. The van der Waals surface area contributed by atoms with E-state index >= 15 is 0 Å². The maximum atomic E-state index is 11.5. The van der Waals surface area contributed by atoms with Crippen molar-refractivity contribution in [3.05, 3.63) is 22.9 Å². The number of rotatable bonds is 4. The number of nitrogens with one attached hydrogen (secondary N) is 2. The fourth-order valence-corrected chi connectivity index (χ4v) is 2.53. The second-order valence-corrected chi connectivity index (χ2v) is 4.63. The largest absolute Gasteiger partial charge is 0.325 e. The molecule has 1 heterocycles. The van der Waals surface area contributed by atoms with Crippen LogP contribution in [0.25, 0.3) is 0 Å². The Bertz CT molecular complexity index is 360. The summed E-state index contributed by atoms with van der Waals surface area (Å²) in [4.78, 5) is 14.2. The molecule has 0 saturated heterocycles. The van der Waals surface area contributed by atoms with Crippen molar-refractivity contribution >= 4 is 0 Å². The van der Waals surface area contributed by atoms with Crippen LogP contribution in [0.1, 0.15) is 45.1 Å². The summed E-state index contributed by atoms with van der Waals surface area (Å²) in [6, 6.07) is 1.06. The molecule has 1 fully saturated rings. The third-order valence-electron chi connectivity index (χ3n) is 3.45. The van der Waals surface area contributed by atoms with E-state index in [4.69, 9.17) is 0 Å². The van der Waals surface area contributed by atoms with Gasteiger partial charge in [0, 0.05) is 24.5 Å². The number of nitrogens with zero attached hydrogens (tertiary/aromatic N) is 1. The fraction of sp³-hybridized carbons (Fsp3) is 0.750. The van der Waals surface area contributed by atoms with Gasteiger partial charge >= 0.3 is 5.69 Å². The third kappa shape index (κ3) is 2.55. The Morgan fingerprint density at radius 3 is 2.75 bits per heavy atom. The van der Waals surface area contributed by atoms with Crippen molar-refractivity contribution in [1.82, 2.24) is 14.9 Å². The molecule has 1 aromatic heterocycles. The molecular formula is C12H21N3O. The summed E-state index contributed by atoms with van der Waals surface area (Å²) in [7, 11) is 0. The van der Waals surface area contributed by atoms with E-state index in [0.29, 0.717) is 12.1 Å². The molecule has 0 aromatic carbocycles. The number of aromatic amines is 1. The highest BCUT2D eigenvalue weighted by atomic mass is 16.1. The Morgan fingerprint density at radius 1 is 1.44 bits per heavy atom. The first-order valence-electron chi connectivity index (χ1n) is 6.30. The molecule has 2 rings (SSSR count). The van der Waals surface area contributed by atoms with Crippen LogP contribution in [0.5, 0.6) is 0 Å². The second kappa shape index (κ2) is 5.34. The highest BCUT2D eigenvalue weighted by Gasteiger charge is 2.22. The molecule has 2 N–H and O–H groups in total. The molecule has 0 atom stereocenters. The van der Waals surface area contributed by atoms with Crippen LogP contribution in [0.4, 0.5) is 0 Å². The number of hydrogen-bond acceptors (Lipinski definition) is 2. The molecule has 90 valence electrons.